The summed E-state index contributed by atoms with van der Waals surface area (Å²) < 4.78 is 68.2. The molecule has 0 saturated heterocycles. The van der Waals surface area contributed by atoms with E-state index in [1.807, 2.05) is 0 Å². The fourth-order valence-corrected chi connectivity index (χ4v) is 1.45. The zero-order chi connectivity index (χ0) is 13.9. The highest BCUT2D eigenvalue weighted by molar-refractivity contribution is 5.44. The SMILES string of the molecule is COc1cnc(CC#N)c(C(F)(F)F)c1C(F)F. The number of halogens is 5. The Morgan fingerprint density at radius 3 is 2.44 bits per heavy atom. The van der Waals surface area contributed by atoms with Crippen LogP contribution in [0.15, 0.2) is 6.20 Å². The van der Waals surface area contributed by atoms with E-state index in [0.717, 1.165) is 13.3 Å². The Labute approximate surface area is 98.8 Å². The van der Waals surface area contributed by atoms with Crippen LogP contribution in [0.3, 0.4) is 0 Å². The topological polar surface area (TPSA) is 45.9 Å². The highest BCUT2D eigenvalue weighted by Gasteiger charge is 2.40. The molecule has 0 bridgehead atoms. The summed E-state index contributed by atoms with van der Waals surface area (Å²) in [5.41, 5.74) is -3.62. The Bertz CT molecular complexity index is 478. The molecule has 0 N–H and O–H groups in total. The molecule has 0 aromatic carbocycles. The summed E-state index contributed by atoms with van der Waals surface area (Å²) in [5, 5.41) is 8.39. The molecule has 0 fully saturated rings. The van der Waals surface area contributed by atoms with Crippen molar-refractivity contribution >= 4 is 0 Å². The smallest absolute Gasteiger partial charge is 0.418 e. The Morgan fingerprint density at radius 2 is 2.06 bits per heavy atom. The number of aromatic nitrogens is 1. The monoisotopic (exact) mass is 266 g/mol. The van der Waals surface area contributed by atoms with Crippen molar-refractivity contribution in [3.8, 4) is 11.8 Å². The van der Waals surface area contributed by atoms with E-state index >= 15 is 0 Å². The minimum absolute atomic E-state index is 0.654. The van der Waals surface area contributed by atoms with E-state index in [4.69, 9.17) is 5.26 Å². The molecule has 1 aromatic heterocycles. The van der Waals surface area contributed by atoms with Crippen LogP contribution >= 0.6 is 0 Å². The maximum Gasteiger partial charge on any atom is 0.418 e. The number of pyridine rings is 1. The minimum Gasteiger partial charge on any atom is -0.495 e. The quantitative estimate of drug-likeness (QED) is 0.789. The first kappa shape index (κ1) is 14.2. The van der Waals surface area contributed by atoms with E-state index in [1.54, 1.807) is 0 Å². The lowest BCUT2D eigenvalue weighted by molar-refractivity contribution is -0.140. The molecule has 0 radical (unpaired) electrons. The lowest BCUT2D eigenvalue weighted by Crippen LogP contribution is -2.16. The van der Waals surface area contributed by atoms with Crippen molar-refractivity contribution in [2.75, 3.05) is 7.11 Å². The number of alkyl halides is 5. The van der Waals surface area contributed by atoms with Gasteiger partial charge in [-0.15, -0.1) is 0 Å². The predicted molar refractivity (Wildman–Crippen MR) is 50.1 cm³/mol. The van der Waals surface area contributed by atoms with Crippen molar-refractivity contribution in [2.24, 2.45) is 0 Å². The van der Waals surface area contributed by atoms with Gasteiger partial charge in [0.05, 0.1) is 42.6 Å². The number of hydrogen-bond donors (Lipinski definition) is 0. The molecular formula is C10H7F5N2O. The maximum atomic E-state index is 12.8. The van der Waals surface area contributed by atoms with Gasteiger partial charge in [-0.1, -0.05) is 0 Å². The van der Waals surface area contributed by atoms with Crippen molar-refractivity contribution in [3.63, 3.8) is 0 Å². The van der Waals surface area contributed by atoms with Gasteiger partial charge in [-0.2, -0.15) is 18.4 Å². The largest absolute Gasteiger partial charge is 0.495 e. The molecule has 0 spiro atoms. The number of nitriles is 1. The van der Waals surface area contributed by atoms with Crippen LogP contribution in [-0.2, 0) is 12.6 Å². The second kappa shape index (κ2) is 5.16. The lowest BCUT2D eigenvalue weighted by atomic mass is 10.0. The third-order valence-electron chi connectivity index (χ3n) is 2.13. The minimum atomic E-state index is -5.03. The second-order valence-electron chi connectivity index (χ2n) is 3.20. The fraction of sp³-hybridized carbons (Fsp3) is 0.400. The van der Waals surface area contributed by atoms with E-state index < -0.39 is 41.6 Å². The lowest BCUT2D eigenvalue weighted by Gasteiger charge is -2.17. The average molecular weight is 266 g/mol. The van der Waals surface area contributed by atoms with Crippen LogP contribution < -0.4 is 4.74 Å². The molecular weight excluding hydrogens is 259 g/mol. The molecule has 0 aliphatic rings. The standard InChI is InChI=1S/C10H7F5N2O/c1-18-6-4-17-5(2-3-16)8(10(13,14)15)7(6)9(11)12/h4,9H,2H2,1H3. The first-order valence-electron chi connectivity index (χ1n) is 4.61. The van der Waals surface area contributed by atoms with Gasteiger partial charge < -0.3 is 4.74 Å². The number of nitrogens with zero attached hydrogens (tertiary/aromatic N) is 2. The molecule has 1 aromatic rings. The van der Waals surface area contributed by atoms with Gasteiger partial charge in [0.15, 0.2) is 0 Å². The highest BCUT2D eigenvalue weighted by atomic mass is 19.4. The van der Waals surface area contributed by atoms with Gasteiger partial charge in [-0.3, -0.25) is 4.98 Å². The second-order valence-corrected chi connectivity index (χ2v) is 3.20. The van der Waals surface area contributed by atoms with Gasteiger partial charge in [0.2, 0.25) is 0 Å². The third-order valence-corrected chi connectivity index (χ3v) is 2.13. The van der Waals surface area contributed by atoms with Crippen molar-refractivity contribution in [3.05, 3.63) is 23.0 Å². The van der Waals surface area contributed by atoms with Crippen LogP contribution in [0, 0.1) is 11.3 Å². The normalized spacial score (nSPS) is 11.4. The van der Waals surface area contributed by atoms with E-state index in [0.29, 0.717) is 0 Å². The summed E-state index contributed by atoms with van der Waals surface area (Å²) >= 11 is 0. The van der Waals surface area contributed by atoms with Crippen molar-refractivity contribution in [1.82, 2.24) is 4.98 Å². The molecule has 0 unspecified atom stereocenters. The summed E-state index contributed by atoms with van der Waals surface area (Å²) in [6.45, 7) is 0. The van der Waals surface area contributed by atoms with Gasteiger partial charge in [0.1, 0.15) is 5.75 Å². The Hall–Kier alpha value is -1.91. The Morgan fingerprint density at radius 1 is 1.44 bits per heavy atom. The molecule has 3 nitrogen and oxygen atoms in total. The van der Waals surface area contributed by atoms with Gasteiger partial charge >= 0.3 is 6.18 Å². The van der Waals surface area contributed by atoms with Crippen molar-refractivity contribution in [2.45, 2.75) is 19.0 Å². The van der Waals surface area contributed by atoms with E-state index in [2.05, 4.69) is 9.72 Å². The summed E-state index contributed by atoms with van der Waals surface area (Å²) in [7, 11) is 0.965. The summed E-state index contributed by atoms with van der Waals surface area (Å²) in [4.78, 5) is 3.35. The summed E-state index contributed by atoms with van der Waals surface area (Å²) in [6.07, 6.45) is -8.36. The van der Waals surface area contributed by atoms with Gasteiger partial charge in [0, 0.05) is 0 Å². The van der Waals surface area contributed by atoms with Crippen molar-refractivity contribution in [1.29, 1.82) is 5.26 Å². The first-order valence-corrected chi connectivity index (χ1v) is 4.61. The van der Waals surface area contributed by atoms with Crippen LogP contribution in [0.25, 0.3) is 0 Å². The van der Waals surface area contributed by atoms with Gasteiger partial charge in [-0.05, 0) is 0 Å². The zero-order valence-corrected chi connectivity index (χ0v) is 9.05. The molecule has 18 heavy (non-hydrogen) atoms. The third kappa shape index (κ3) is 2.67. The molecule has 8 heteroatoms. The highest BCUT2D eigenvalue weighted by Crippen LogP contribution is 2.42. The number of rotatable bonds is 3. The predicted octanol–water partition coefficient (Wildman–Crippen LogP) is 3.11. The molecule has 0 saturated carbocycles. The first-order chi connectivity index (χ1) is 8.32. The average Bonchev–Trinajstić information content (AvgIpc) is 2.27. The van der Waals surface area contributed by atoms with E-state index in [1.165, 1.54) is 6.07 Å². The molecule has 98 valence electrons. The van der Waals surface area contributed by atoms with Crippen LogP contribution in [-0.4, -0.2) is 12.1 Å². The van der Waals surface area contributed by atoms with Crippen LogP contribution in [0.4, 0.5) is 22.0 Å². The molecule has 0 amide bonds. The number of hydrogen-bond acceptors (Lipinski definition) is 3. The van der Waals surface area contributed by atoms with E-state index in [-0.39, 0.29) is 0 Å². The summed E-state index contributed by atoms with van der Waals surface area (Å²) in [6, 6.07) is 1.45. The molecule has 0 atom stereocenters. The summed E-state index contributed by atoms with van der Waals surface area (Å²) in [5.74, 6) is -0.654. The zero-order valence-electron chi connectivity index (χ0n) is 9.05. The Balaban J connectivity index is 3.61. The molecule has 1 rings (SSSR count). The number of methoxy groups -OCH3 is 1. The van der Waals surface area contributed by atoms with Gasteiger partial charge in [0.25, 0.3) is 6.43 Å². The van der Waals surface area contributed by atoms with Crippen LogP contribution in [0.2, 0.25) is 0 Å². The number of ether oxygens (including phenoxy) is 1. The van der Waals surface area contributed by atoms with Gasteiger partial charge in [-0.25, -0.2) is 8.78 Å². The molecule has 0 aliphatic heterocycles. The fourth-order valence-electron chi connectivity index (χ4n) is 1.45. The molecule has 0 aliphatic carbocycles. The van der Waals surface area contributed by atoms with Crippen LogP contribution in [0.5, 0.6) is 5.75 Å². The maximum absolute atomic E-state index is 12.8. The van der Waals surface area contributed by atoms with E-state index in [9.17, 15) is 22.0 Å². The molecule has 1 heterocycles. The van der Waals surface area contributed by atoms with Crippen LogP contribution in [0.1, 0.15) is 23.2 Å². The Kier molecular flexibility index (Phi) is 4.06. The van der Waals surface area contributed by atoms with Crippen molar-refractivity contribution < 1.29 is 26.7 Å².